The van der Waals surface area contributed by atoms with Gasteiger partial charge in [-0.05, 0) is 33.2 Å². The molecule has 0 bridgehead atoms. The van der Waals surface area contributed by atoms with E-state index >= 15 is 0 Å². The van der Waals surface area contributed by atoms with Crippen LogP contribution in [0.2, 0.25) is 0 Å². The monoisotopic (exact) mass is 250 g/mol. The van der Waals surface area contributed by atoms with E-state index in [1.54, 1.807) is 12.1 Å². The van der Waals surface area contributed by atoms with Crippen LogP contribution in [-0.4, -0.2) is 15.1 Å². The molecule has 0 aliphatic rings. The van der Waals surface area contributed by atoms with E-state index in [0.29, 0.717) is 21.9 Å². The van der Waals surface area contributed by atoms with Gasteiger partial charge in [-0.25, -0.2) is 4.98 Å². The van der Waals surface area contributed by atoms with Crippen molar-refractivity contribution < 1.29 is 4.52 Å². The molecule has 0 aliphatic heterocycles. The quantitative estimate of drug-likeness (QED) is 0.771. The predicted molar refractivity (Wildman–Crippen MR) is 49.9 cm³/mol. The Kier molecular flexibility index (Phi) is 2.24. The lowest BCUT2D eigenvalue weighted by Crippen LogP contribution is -1.84. The van der Waals surface area contributed by atoms with Gasteiger partial charge in [0.1, 0.15) is 11.8 Å². The Hall–Kier alpha value is -1.74. The Labute approximate surface area is 87.5 Å². The van der Waals surface area contributed by atoms with Crippen LogP contribution in [0.4, 0.5) is 0 Å². The Balaban J connectivity index is 2.39. The third-order valence-corrected chi connectivity index (χ3v) is 1.84. The van der Waals surface area contributed by atoms with Gasteiger partial charge < -0.3 is 4.52 Å². The van der Waals surface area contributed by atoms with Crippen molar-refractivity contribution >= 4 is 15.9 Å². The second kappa shape index (κ2) is 3.55. The molecule has 0 N–H and O–H groups in total. The van der Waals surface area contributed by atoms with Gasteiger partial charge in [-0.1, -0.05) is 0 Å². The highest BCUT2D eigenvalue weighted by Gasteiger charge is 2.07. The summed E-state index contributed by atoms with van der Waals surface area (Å²) in [5.41, 5.74) is 1.04. The lowest BCUT2D eigenvalue weighted by atomic mass is 10.3. The molecule has 5 nitrogen and oxygen atoms in total. The van der Waals surface area contributed by atoms with E-state index in [-0.39, 0.29) is 0 Å². The van der Waals surface area contributed by atoms with Crippen LogP contribution in [0.15, 0.2) is 27.6 Å². The van der Waals surface area contributed by atoms with E-state index in [1.165, 1.54) is 6.20 Å². The van der Waals surface area contributed by atoms with Crippen molar-refractivity contribution in [2.75, 3.05) is 0 Å². The molecule has 0 spiro atoms. The highest BCUT2D eigenvalue weighted by Crippen LogP contribution is 2.16. The van der Waals surface area contributed by atoms with Crippen LogP contribution in [0.3, 0.4) is 0 Å². The van der Waals surface area contributed by atoms with Gasteiger partial charge in [0.25, 0.3) is 5.89 Å². The fourth-order valence-electron chi connectivity index (χ4n) is 0.896. The van der Waals surface area contributed by atoms with Crippen molar-refractivity contribution in [1.29, 1.82) is 5.26 Å². The van der Waals surface area contributed by atoms with Crippen molar-refractivity contribution in [2.45, 2.75) is 0 Å². The van der Waals surface area contributed by atoms with Gasteiger partial charge in [-0.3, -0.25) is 0 Å². The van der Waals surface area contributed by atoms with Gasteiger partial charge in [-0.2, -0.15) is 10.2 Å². The molecule has 0 fully saturated rings. The summed E-state index contributed by atoms with van der Waals surface area (Å²) in [5.74, 6) is 0.321. The second-order valence-corrected chi connectivity index (χ2v) is 3.12. The standard InChI is InChI=1S/C8H3BrN4O/c9-8-12-7(14-13-8)6-2-1-5(3-10)4-11-6/h1-2,4H. The van der Waals surface area contributed by atoms with Crippen LogP contribution in [0.5, 0.6) is 0 Å². The first kappa shape index (κ1) is 8.84. The zero-order valence-electron chi connectivity index (χ0n) is 6.81. The molecule has 0 saturated heterocycles. The first-order chi connectivity index (χ1) is 6.79. The zero-order chi connectivity index (χ0) is 9.97. The molecule has 0 atom stereocenters. The molecule has 0 unspecified atom stereocenters. The predicted octanol–water partition coefficient (Wildman–Crippen LogP) is 1.77. The van der Waals surface area contributed by atoms with Gasteiger partial charge in [-0.15, -0.1) is 0 Å². The molecule has 2 aromatic heterocycles. The number of hydrogen-bond acceptors (Lipinski definition) is 5. The lowest BCUT2D eigenvalue weighted by Gasteiger charge is -1.91. The van der Waals surface area contributed by atoms with E-state index in [9.17, 15) is 0 Å². The Bertz CT molecular complexity index is 485. The van der Waals surface area contributed by atoms with Gasteiger partial charge >= 0.3 is 0 Å². The molecule has 2 heterocycles. The van der Waals surface area contributed by atoms with Crippen molar-refractivity contribution in [3.8, 4) is 17.7 Å². The molecule has 2 rings (SSSR count). The summed E-state index contributed by atoms with van der Waals surface area (Å²) in [6, 6.07) is 5.26. The third kappa shape index (κ3) is 1.63. The summed E-state index contributed by atoms with van der Waals surface area (Å²) >= 11 is 3.06. The van der Waals surface area contributed by atoms with Gasteiger partial charge in [0, 0.05) is 6.20 Å². The summed E-state index contributed by atoms with van der Waals surface area (Å²) in [6.07, 6.45) is 1.45. The van der Waals surface area contributed by atoms with Crippen LogP contribution in [0.25, 0.3) is 11.6 Å². The minimum Gasteiger partial charge on any atom is -0.331 e. The zero-order valence-corrected chi connectivity index (χ0v) is 8.39. The van der Waals surface area contributed by atoms with Crippen molar-refractivity contribution in [1.82, 2.24) is 15.1 Å². The molecule has 6 heteroatoms. The minimum atomic E-state index is 0.321. The molecule has 14 heavy (non-hydrogen) atoms. The third-order valence-electron chi connectivity index (χ3n) is 1.51. The smallest absolute Gasteiger partial charge is 0.277 e. The average molecular weight is 251 g/mol. The summed E-state index contributed by atoms with van der Waals surface area (Å²) in [7, 11) is 0. The molecule has 0 amide bonds. The maximum Gasteiger partial charge on any atom is 0.277 e. The molecular formula is C8H3BrN4O. The number of hydrogen-bond donors (Lipinski definition) is 0. The summed E-state index contributed by atoms with van der Waals surface area (Å²) < 4.78 is 5.24. The highest BCUT2D eigenvalue weighted by molar-refractivity contribution is 9.10. The van der Waals surface area contributed by atoms with Gasteiger partial charge in [0.15, 0.2) is 0 Å². The Morgan fingerprint density at radius 1 is 1.43 bits per heavy atom. The molecular weight excluding hydrogens is 248 g/mol. The summed E-state index contributed by atoms with van der Waals surface area (Å²) in [4.78, 5) is 7.92. The van der Waals surface area contributed by atoms with Crippen molar-refractivity contribution in [3.63, 3.8) is 0 Å². The van der Waals surface area contributed by atoms with E-state index in [1.807, 2.05) is 6.07 Å². The number of halogens is 1. The average Bonchev–Trinajstić information content (AvgIpc) is 2.65. The summed E-state index contributed by atoms with van der Waals surface area (Å²) in [5, 5.41) is 12.1. The molecule has 0 radical (unpaired) electrons. The maximum atomic E-state index is 8.55. The van der Waals surface area contributed by atoms with Crippen LogP contribution in [0.1, 0.15) is 5.56 Å². The number of nitriles is 1. The molecule has 0 aliphatic carbocycles. The number of aromatic nitrogens is 3. The lowest BCUT2D eigenvalue weighted by molar-refractivity contribution is 0.425. The van der Waals surface area contributed by atoms with Gasteiger partial charge in [0.2, 0.25) is 4.73 Å². The maximum absolute atomic E-state index is 8.55. The first-order valence-electron chi connectivity index (χ1n) is 3.65. The van der Waals surface area contributed by atoms with Crippen molar-refractivity contribution in [3.05, 3.63) is 28.6 Å². The fraction of sp³-hybridized carbons (Fsp3) is 0. The molecule has 2 aromatic rings. The molecule has 0 aromatic carbocycles. The van der Waals surface area contributed by atoms with Crippen LogP contribution >= 0.6 is 15.9 Å². The van der Waals surface area contributed by atoms with Crippen LogP contribution in [-0.2, 0) is 0 Å². The largest absolute Gasteiger partial charge is 0.331 e. The van der Waals surface area contributed by atoms with Crippen LogP contribution in [0, 0.1) is 11.3 Å². The fourth-order valence-corrected chi connectivity index (χ4v) is 1.13. The topological polar surface area (TPSA) is 75.6 Å². The van der Waals surface area contributed by atoms with E-state index in [2.05, 4.69) is 31.1 Å². The first-order valence-corrected chi connectivity index (χ1v) is 4.44. The minimum absolute atomic E-state index is 0.321. The number of pyridine rings is 1. The highest BCUT2D eigenvalue weighted by atomic mass is 79.9. The SMILES string of the molecule is N#Cc1ccc(-c2nc(Br)no2)nc1. The van der Waals surface area contributed by atoms with E-state index < -0.39 is 0 Å². The number of rotatable bonds is 1. The van der Waals surface area contributed by atoms with Crippen LogP contribution < -0.4 is 0 Å². The molecule has 0 saturated carbocycles. The molecule has 68 valence electrons. The Morgan fingerprint density at radius 3 is 2.79 bits per heavy atom. The second-order valence-electron chi connectivity index (χ2n) is 2.41. The Morgan fingerprint density at radius 2 is 2.29 bits per heavy atom. The summed E-state index contributed by atoms with van der Waals surface area (Å²) in [6.45, 7) is 0. The van der Waals surface area contributed by atoms with E-state index in [0.717, 1.165) is 0 Å². The number of nitrogens with zero attached hydrogens (tertiary/aromatic N) is 4. The normalized spacial score (nSPS) is 9.71. The van der Waals surface area contributed by atoms with Gasteiger partial charge in [0.05, 0.1) is 5.56 Å². The van der Waals surface area contributed by atoms with E-state index in [4.69, 9.17) is 9.78 Å². The van der Waals surface area contributed by atoms with Crippen molar-refractivity contribution in [2.24, 2.45) is 0 Å².